The minimum Gasteiger partial charge on any atom is -0.494 e. The fourth-order valence-electron chi connectivity index (χ4n) is 2.01. The van der Waals surface area contributed by atoms with Gasteiger partial charge in [-0.2, -0.15) is 5.48 Å². The molecule has 1 unspecified atom stereocenters. The molecule has 17 heavy (non-hydrogen) atoms. The summed E-state index contributed by atoms with van der Waals surface area (Å²) >= 11 is 0. The van der Waals surface area contributed by atoms with Gasteiger partial charge >= 0.3 is 0 Å². The topological polar surface area (TPSA) is 30.5 Å². The van der Waals surface area contributed by atoms with Crippen molar-refractivity contribution in [3.63, 3.8) is 0 Å². The Bertz CT molecular complexity index is 409. The fraction of sp³-hybridized carbons (Fsp3) is 0.429. The lowest BCUT2D eigenvalue weighted by Crippen LogP contribution is -2.30. The molecule has 1 aliphatic heterocycles. The second-order valence-electron chi connectivity index (χ2n) is 4.39. The van der Waals surface area contributed by atoms with Gasteiger partial charge in [0.25, 0.3) is 0 Å². The largest absolute Gasteiger partial charge is 0.494 e. The van der Waals surface area contributed by atoms with Gasteiger partial charge in [-0.3, -0.25) is 0 Å². The Labute approximate surface area is 102 Å². The summed E-state index contributed by atoms with van der Waals surface area (Å²) < 4.78 is 5.42. The molecule has 0 saturated heterocycles. The highest BCUT2D eigenvalue weighted by Gasteiger charge is 2.17. The zero-order chi connectivity index (χ0) is 12.3. The van der Waals surface area contributed by atoms with Gasteiger partial charge in [-0.05, 0) is 57.0 Å². The molecule has 3 heteroatoms. The van der Waals surface area contributed by atoms with Crippen LogP contribution in [0.15, 0.2) is 29.8 Å². The smallest absolute Gasteiger partial charge is 0.153 e. The van der Waals surface area contributed by atoms with Crippen LogP contribution in [0.2, 0.25) is 0 Å². The molecule has 0 aliphatic carbocycles. The minimum atomic E-state index is 0.376. The molecule has 0 fully saturated rings. The Balaban J connectivity index is 2.19. The Morgan fingerprint density at radius 2 is 2.06 bits per heavy atom. The van der Waals surface area contributed by atoms with E-state index in [1.165, 1.54) is 5.57 Å². The number of hydrogen-bond acceptors (Lipinski definition) is 3. The number of hydrogen-bond donors (Lipinski definition) is 1. The van der Waals surface area contributed by atoms with E-state index in [4.69, 9.17) is 9.57 Å². The van der Waals surface area contributed by atoms with E-state index in [0.717, 1.165) is 23.5 Å². The first kappa shape index (κ1) is 12.0. The summed E-state index contributed by atoms with van der Waals surface area (Å²) in [5.41, 5.74) is 5.38. The van der Waals surface area contributed by atoms with Crippen LogP contribution in [0.25, 0.3) is 5.76 Å². The molecular weight excluding hydrogens is 214 g/mol. The third-order valence-electron chi connectivity index (χ3n) is 2.79. The second-order valence-corrected chi connectivity index (χ2v) is 4.39. The number of hydroxylamine groups is 1. The van der Waals surface area contributed by atoms with Crippen LogP contribution >= 0.6 is 0 Å². The van der Waals surface area contributed by atoms with Gasteiger partial charge in [0.15, 0.2) is 5.76 Å². The Morgan fingerprint density at radius 3 is 2.65 bits per heavy atom. The van der Waals surface area contributed by atoms with E-state index in [9.17, 15) is 0 Å². The highest BCUT2D eigenvalue weighted by Crippen LogP contribution is 2.27. The Kier molecular flexibility index (Phi) is 3.69. The molecule has 0 spiro atoms. The molecule has 0 amide bonds. The van der Waals surface area contributed by atoms with Gasteiger partial charge in [0.1, 0.15) is 5.75 Å². The van der Waals surface area contributed by atoms with E-state index in [1.807, 2.05) is 31.2 Å². The standard InChI is InChI=1S/C14H19NO2/c1-4-16-13-7-5-12(6-8-13)14-10(2)9-11(3)15-17-14/h5-8,11,15H,4,9H2,1-3H3. The summed E-state index contributed by atoms with van der Waals surface area (Å²) in [6.45, 7) is 6.90. The van der Waals surface area contributed by atoms with E-state index in [2.05, 4.69) is 19.3 Å². The Hall–Kier alpha value is -1.48. The van der Waals surface area contributed by atoms with Crippen LogP contribution in [0.4, 0.5) is 0 Å². The lowest BCUT2D eigenvalue weighted by atomic mass is 10.0. The van der Waals surface area contributed by atoms with Crippen molar-refractivity contribution in [1.29, 1.82) is 0 Å². The molecule has 1 aromatic rings. The highest BCUT2D eigenvalue weighted by atomic mass is 16.7. The lowest BCUT2D eigenvalue weighted by Gasteiger charge is -2.24. The van der Waals surface area contributed by atoms with Crippen LogP contribution in [0.3, 0.4) is 0 Å². The van der Waals surface area contributed by atoms with Gasteiger partial charge in [-0.25, -0.2) is 0 Å². The molecule has 0 radical (unpaired) electrons. The van der Waals surface area contributed by atoms with Gasteiger partial charge in [-0.15, -0.1) is 0 Å². The van der Waals surface area contributed by atoms with Crippen LogP contribution < -0.4 is 10.2 Å². The maximum Gasteiger partial charge on any atom is 0.153 e. The predicted molar refractivity (Wildman–Crippen MR) is 68.5 cm³/mol. The second kappa shape index (κ2) is 5.23. The molecule has 2 rings (SSSR count). The molecule has 1 aromatic carbocycles. The quantitative estimate of drug-likeness (QED) is 0.870. The molecule has 92 valence electrons. The van der Waals surface area contributed by atoms with Crippen LogP contribution in [0, 0.1) is 0 Å². The molecule has 3 nitrogen and oxygen atoms in total. The number of rotatable bonds is 3. The fourth-order valence-corrected chi connectivity index (χ4v) is 2.01. The molecule has 1 aliphatic rings. The van der Waals surface area contributed by atoms with E-state index >= 15 is 0 Å². The zero-order valence-corrected chi connectivity index (χ0v) is 10.6. The molecule has 0 bridgehead atoms. The van der Waals surface area contributed by atoms with Crippen LogP contribution in [-0.4, -0.2) is 12.6 Å². The van der Waals surface area contributed by atoms with Crippen molar-refractivity contribution in [1.82, 2.24) is 5.48 Å². The van der Waals surface area contributed by atoms with E-state index in [1.54, 1.807) is 0 Å². The predicted octanol–water partition coefficient (Wildman–Crippen LogP) is 3.13. The van der Waals surface area contributed by atoms with Crippen molar-refractivity contribution < 1.29 is 9.57 Å². The first-order valence-corrected chi connectivity index (χ1v) is 6.06. The van der Waals surface area contributed by atoms with Gasteiger partial charge in [-0.1, -0.05) is 0 Å². The summed E-state index contributed by atoms with van der Waals surface area (Å²) in [4.78, 5) is 5.58. The first-order valence-electron chi connectivity index (χ1n) is 6.06. The highest BCUT2D eigenvalue weighted by molar-refractivity contribution is 5.63. The summed E-state index contributed by atoms with van der Waals surface area (Å²) in [6, 6.07) is 8.38. The molecule has 0 aromatic heterocycles. The summed E-state index contributed by atoms with van der Waals surface area (Å²) in [6.07, 6.45) is 1.02. The third kappa shape index (κ3) is 2.80. The Morgan fingerprint density at radius 1 is 1.35 bits per heavy atom. The maximum absolute atomic E-state index is 5.58. The van der Waals surface area contributed by atoms with Crippen molar-refractivity contribution in [2.24, 2.45) is 0 Å². The summed E-state index contributed by atoms with van der Waals surface area (Å²) in [5, 5.41) is 0. The first-order chi connectivity index (χ1) is 8.20. The summed E-state index contributed by atoms with van der Waals surface area (Å²) in [5.74, 6) is 1.83. The number of ether oxygens (including phenoxy) is 1. The SMILES string of the molecule is CCOc1ccc(C2=C(C)CC(C)NO2)cc1. The zero-order valence-electron chi connectivity index (χ0n) is 10.6. The minimum absolute atomic E-state index is 0.376. The van der Waals surface area contributed by atoms with Crippen LogP contribution in [-0.2, 0) is 4.84 Å². The average molecular weight is 233 g/mol. The van der Waals surface area contributed by atoms with Gasteiger partial charge in [0.05, 0.1) is 6.61 Å². The van der Waals surface area contributed by atoms with E-state index < -0.39 is 0 Å². The molecule has 1 N–H and O–H groups in total. The van der Waals surface area contributed by atoms with E-state index in [0.29, 0.717) is 12.6 Å². The lowest BCUT2D eigenvalue weighted by molar-refractivity contribution is 0.111. The van der Waals surface area contributed by atoms with Crippen LogP contribution in [0.1, 0.15) is 32.8 Å². The normalized spacial score (nSPS) is 20.1. The average Bonchev–Trinajstić information content (AvgIpc) is 2.31. The molecule has 0 saturated carbocycles. The van der Waals surface area contributed by atoms with E-state index in [-0.39, 0.29) is 0 Å². The molecule has 1 atom stereocenters. The van der Waals surface area contributed by atoms with Gasteiger partial charge in [0, 0.05) is 11.6 Å². The maximum atomic E-state index is 5.58. The molecule has 1 heterocycles. The summed E-state index contributed by atoms with van der Waals surface area (Å²) in [7, 11) is 0. The van der Waals surface area contributed by atoms with Gasteiger partial charge in [0.2, 0.25) is 0 Å². The van der Waals surface area contributed by atoms with Crippen molar-refractivity contribution in [3.05, 3.63) is 35.4 Å². The van der Waals surface area contributed by atoms with Crippen molar-refractivity contribution >= 4 is 5.76 Å². The van der Waals surface area contributed by atoms with Crippen LogP contribution in [0.5, 0.6) is 5.75 Å². The van der Waals surface area contributed by atoms with Gasteiger partial charge < -0.3 is 9.57 Å². The number of benzene rings is 1. The van der Waals surface area contributed by atoms with Crippen molar-refractivity contribution in [2.75, 3.05) is 6.61 Å². The monoisotopic (exact) mass is 233 g/mol. The third-order valence-corrected chi connectivity index (χ3v) is 2.79. The number of nitrogens with one attached hydrogen (secondary N) is 1. The molecular formula is C14H19NO2. The van der Waals surface area contributed by atoms with Crippen molar-refractivity contribution in [2.45, 2.75) is 33.2 Å². The van der Waals surface area contributed by atoms with Crippen molar-refractivity contribution in [3.8, 4) is 5.75 Å².